The maximum atomic E-state index is 12.9. The number of carbonyl (C=O) groups excluding carboxylic acids is 2. The van der Waals surface area contributed by atoms with Gasteiger partial charge in [-0.1, -0.05) is 22.0 Å². The van der Waals surface area contributed by atoms with Crippen molar-refractivity contribution in [3.8, 4) is 11.4 Å². The molecule has 3 aromatic rings. The van der Waals surface area contributed by atoms with Gasteiger partial charge < -0.3 is 19.6 Å². The second-order valence-electron chi connectivity index (χ2n) is 5.26. The Bertz CT molecular complexity index is 1200. The summed E-state index contributed by atoms with van der Waals surface area (Å²) in [6.45, 7) is 0. The highest BCUT2D eigenvalue weighted by Crippen LogP contribution is 2.28. The molecule has 0 fully saturated rings. The largest absolute Gasteiger partial charge is 0.513 e. The van der Waals surface area contributed by atoms with Gasteiger partial charge in [0.2, 0.25) is 5.91 Å². The predicted molar refractivity (Wildman–Crippen MR) is 97.3 cm³/mol. The second-order valence-corrected chi connectivity index (χ2v) is 6.18. The number of ether oxygens (including phenoxy) is 2. The number of halogens is 1. The number of hydrogen-bond acceptors (Lipinski definition) is 7. The van der Waals surface area contributed by atoms with Gasteiger partial charge in [0.15, 0.2) is 11.3 Å². The Hall–Kier alpha value is -3.40. The van der Waals surface area contributed by atoms with Gasteiger partial charge in [0, 0.05) is 10.0 Å². The van der Waals surface area contributed by atoms with E-state index in [-0.39, 0.29) is 28.0 Å². The van der Waals surface area contributed by atoms with Gasteiger partial charge in [-0.05, 0) is 30.3 Å². The van der Waals surface area contributed by atoms with E-state index < -0.39 is 23.4 Å². The minimum absolute atomic E-state index is 0.0349. The van der Waals surface area contributed by atoms with E-state index in [0.29, 0.717) is 4.47 Å². The standard InChI is InChI=1S/C17H11BrN2O7/c1-25-17(24)26-12-7-9(18)6-11-13(12)27-16(23)20(15(11)22)10-4-2-3-8(5-10)14(19)21/h2-7H,1H3,(H2,19,21). The fourth-order valence-electron chi connectivity index (χ4n) is 2.40. The summed E-state index contributed by atoms with van der Waals surface area (Å²) < 4.78 is 15.7. The summed E-state index contributed by atoms with van der Waals surface area (Å²) >= 11 is 3.20. The number of primary amides is 1. The zero-order chi connectivity index (χ0) is 19.7. The zero-order valence-electron chi connectivity index (χ0n) is 13.7. The van der Waals surface area contributed by atoms with E-state index in [1.165, 1.54) is 36.4 Å². The molecule has 1 amide bonds. The molecule has 0 spiro atoms. The molecule has 2 aromatic carbocycles. The molecule has 0 saturated carbocycles. The van der Waals surface area contributed by atoms with Gasteiger partial charge >= 0.3 is 11.9 Å². The number of nitrogens with two attached hydrogens (primary N) is 1. The molecule has 10 heteroatoms. The highest BCUT2D eigenvalue weighted by Gasteiger charge is 2.19. The van der Waals surface area contributed by atoms with Crippen molar-refractivity contribution in [2.24, 2.45) is 5.73 Å². The number of hydrogen-bond donors (Lipinski definition) is 1. The van der Waals surface area contributed by atoms with E-state index in [0.717, 1.165) is 11.7 Å². The Morgan fingerprint density at radius 3 is 2.59 bits per heavy atom. The molecule has 0 aliphatic heterocycles. The molecular formula is C17H11BrN2O7. The topological polar surface area (TPSA) is 131 Å². The minimum Gasteiger partial charge on any atom is -0.437 e. The van der Waals surface area contributed by atoms with E-state index in [1.54, 1.807) is 0 Å². The first-order chi connectivity index (χ1) is 12.8. The molecule has 3 rings (SSSR count). The van der Waals surface area contributed by atoms with Crippen LogP contribution in [0.4, 0.5) is 4.79 Å². The molecule has 27 heavy (non-hydrogen) atoms. The van der Waals surface area contributed by atoms with Gasteiger partial charge in [0.05, 0.1) is 18.2 Å². The van der Waals surface area contributed by atoms with Gasteiger partial charge in [0.1, 0.15) is 0 Å². The lowest BCUT2D eigenvalue weighted by Crippen LogP contribution is -2.31. The summed E-state index contributed by atoms with van der Waals surface area (Å²) in [5.41, 5.74) is 4.49. The summed E-state index contributed by atoms with van der Waals surface area (Å²) in [4.78, 5) is 48.1. The van der Waals surface area contributed by atoms with Gasteiger partial charge in [-0.15, -0.1) is 0 Å². The molecule has 1 heterocycles. The van der Waals surface area contributed by atoms with Crippen molar-refractivity contribution in [1.82, 2.24) is 4.57 Å². The molecule has 2 N–H and O–H groups in total. The first-order valence-corrected chi connectivity index (χ1v) is 8.16. The van der Waals surface area contributed by atoms with Crippen LogP contribution in [0.1, 0.15) is 10.4 Å². The van der Waals surface area contributed by atoms with Crippen molar-refractivity contribution in [2.45, 2.75) is 0 Å². The summed E-state index contributed by atoms with van der Waals surface area (Å²) in [7, 11) is 1.11. The predicted octanol–water partition coefficient (Wildman–Crippen LogP) is 1.95. The van der Waals surface area contributed by atoms with Crippen LogP contribution < -0.4 is 21.8 Å². The van der Waals surface area contributed by atoms with Crippen LogP contribution in [0.2, 0.25) is 0 Å². The van der Waals surface area contributed by atoms with Crippen LogP contribution in [0, 0.1) is 0 Å². The van der Waals surface area contributed by atoms with Gasteiger partial charge in [-0.2, -0.15) is 0 Å². The zero-order valence-corrected chi connectivity index (χ0v) is 15.3. The summed E-state index contributed by atoms with van der Waals surface area (Å²) in [5, 5.41) is -0.0349. The Morgan fingerprint density at radius 2 is 1.93 bits per heavy atom. The summed E-state index contributed by atoms with van der Waals surface area (Å²) in [6.07, 6.45) is -1.05. The lowest BCUT2D eigenvalue weighted by atomic mass is 10.2. The molecule has 9 nitrogen and oxygen atoms in total. The molecule has 0 unspecified atom stereocenters. The summed E-state index contributed by atoms with van der Waals surface area (Å²) in [6, 6.07) is 8.40. The van der Waals surface area contributed by atoms with Crippen LogP contribution in [0.25, 0.3) is 16.7 Å². The third-order valence-corrected chi connectivity index (χ3v) is 4.03. The first kappa shape index (κ1) is 18.4. The van der Waals surface area contributed by atoms with Crippen molar-refractivity contribution < 1.29 is 23.5 Å². The molecule has 0 radical (unpaired) electrons. The van der Waals surface area contributed by atoms with Crippen LogP contribution >= 0.6 is 15.9 Å². The van der Waals surface area contributed by atoms with E-state index in [2.05, 4.69) is 20.7 Å². The van der Waals surface area contributed by atoms with Crippen molar-refractivity contribution in [2.75, 3.05) is 7.11 Å². The Balaban J connectivity index is 2.31. The summed E-state index contributed by atoms with van der Waals surface area (Å²) in [5.74, 6) is -1.92. The number of methoxy groups -OCH3 is 1. The van der Waals surface area contributed by atoms with Crippen molar-refractivity contribution in [3.05, 3.63) is 67.3 Å². The fourth-order valence-corrected chi connectivity index (χ4v) is 2.83. The van der Waals surface area contributed by atoms with Crippen molar-refractivity contribution in [3.63, 3.8) is 0 Å². The van der Waals surface area contributed by atoms with Crippen LogP contribution in [0.3, 0.4) is 0 Å². The lowest BCUT2D eigenvalue weighted by Gasteiger charge is -2.09. The molecule has 0 atom stereocenters. The maximum Gasteiger partial charge on any atom is 0.513 e. The number of carbonyl (C=O) groups is 2. The van der Waals surface area contributed by atoms with E-state index in [9.17, 15) is 19.2 Å². The Kier molecular flexibility index (Phi) is 4.82. The smallest absolute Gasteiger partial charge is 0.437 e. The number of fused-ring (bicyclic) bond motifs is 1. The number of amides is 1. The van der Waals surface area contributed by atoms with Gasteiger partial charge in [-0.3, -0.25) is 9.59 Å². The SMILES string of the molecule is COC(=O)Oc1cc(Br)cc2c(=O)n(-c3cccc(C(N)=O)c3)c(=O)oc12. The van der Waals surface area contributed by atoms with Crippen molar-refractivity contribution in [1.29, 1.82) is 0 Å². The van der Waals surface area contributed by atoms with Crippen LogP contribution in [0.5, 0.6) is 5.75 Å². The molecular weight excluding hydrogens is 424 g/mol. The molecule has 0 bridgehead atoms. The van der Waals surface area contributed by atoms with Gasteiger partial charge in [-0.25, -0.2) is 14.2 Å². The van der Waals surface area contributed by atoms with E-state index in [1.807, 2.05) is 0 Å². The average Bonchev–Trinajstić information content (AvgIpc) is 2.63. The highest BCUT2D eigenvalue weighted by molar-refractivity contribution is 9.10. The molecule has 0 aliphatic carbocycles. The lowest BCUT2D eigenvalue weighted by molar-refractivity contribution is 0.1000. The number of aromatic nitrogens is 1. The van der Waals surface area contributed by atoms with Crippen LogP contribution in [-0.4, -0.2) is 23.7 Å². The maximum absolute atomic E-state index is 12.9. The van der Waals surface area contributed by atoms with Crippen LogP contribution in [-0.2, 0) is 4.74 Å². The monoisotopic (exact) mass is 434 g/mol. The first-order valence-electron chi connectivity index (χ1n) is 7.37. The van der Waals surface area contributed by atoms with Crippen LogP contribution in [0.15, 0.2) is 54.9 Å². The fraction of sp³-hybridized carbons (Fsp3) is 0.0588. The number of benzene rings is 2. The Morgan fingerprint density at radius 1 is 1.19 bits per heavy atom. The Labute approximate surface area is 159 Å². The normalized spacial score (nSPS) is 10.6. The minimum atomic E-state index is -1.05. The van der Waals surface area contributed by atoms with E-state index >= 15 is 0 Å². The molecule has 0 saturated heterocycles. The highest BCUT2D eigenvalue weighted by atomic mass is 79.9. The third-order valence-electron chi connectivity index (χ3n) is 3.57. The molecule has 1 aromatic heterocycles. The van der Waals surface area contributed by atoms with Gasteiger partial charge in [0.25, 0.3) is 5.56 Å². The quantitative estimate of drug-likeness (QED) is 0.492. The number of rotatable bonds is 3. The molecule has 0 aliphatic rings. The molecule has 138 valence electrons. The average molecular weight is 435 g/mol. The van der Waals surface area contributed by atoms with E-state index in [4.69, 9.17) is 14.9 Å². The van der Waals surface area contributed by atoms with Crippen molar-refractivity contribution >= 4 is 39.0 Å². The third kappa shape index (κ3) is 3.47. The second kappa shape index (κ2) is 7.08. The number of nitrogens with zero attached hydrogens (tertiary/aromatic N) is 1.